The maximum absolute atomic E-state index is 12.3. The van der Waals surface area contributed by atoms with Gasteiger partial charge < -0.3 is 20.4 Å². The number of nitrogens with one attached hydrogen (secondary N) is 1. The lowest BCUT2D eigenvalue weighted by Gasteiger charge is -2.34. The van der Waals surface area contributed by atoms with Crippen molar-refractivity contribution in [3.8, 4) is 5.75 Å². The van der Waals surface area contributed by atoms with Crippen LogP contribution in [0.4, 0.5) is 4.79 Å². The summed E-state index contributed by atoms with van der Waals surface area (Å²) in [7, 11) is 0. The van der Waals surface area contributed by atoms with Gasteiger partial charge in [-0.1, -0.05) is 12.1 Å². The van der Waals surface area contributed by atoms with Gasteiger partial charge in [0.1, 0.15) is 5.75 Å². The topological polar surface area (TPSA) is 72.8 Å². The molecule has 3 unspecified atom stereocenters. The molecule has 1 aromatic carbocycles. The zero-order valence-corrected chi connectivity index (χ0v) is 14.0. The van der Waals surface area contributed by atoms with E-state index in [1.165, 1.54) is 0 Å². The molecule has 0 aliphatic carbocycles. The number of hydrogen-bond donors (Lipinski definition) is 3. The molecule has 2 amide bonds. The Hall–Kier alpha value is -1.75. The SMILES string of the molecule is CC(CCc1ccc(O)cc1)NC(=O)N1CCCC(C(C)O)C1. The molecule has 1 aliphatic heterocycles. The number of piperidine rings is 1. The van der Waals surface area contributed by atoms with E-state index in [2.05, 4.69) is 5.32 Å². The largest absolute Gasteiger partial charge is 0.508 e. The summed E-state index contributed by atoms with van der Waals surface area (Å²) < 4.78 is 0. The molecule has 3 atom stereocenters. The summed E-state index contributed by atoms with van der Waals surface area (Å²) >= 11 is 0. The Morgan fingerprint density at radius 1 is 1.35 bits per heavy atom. The van der Waals surface area contributed by atoms with Crippen LogP contribution in [0.2, 0.25) is 0 Å². The fourth-order valence-electron chi connectivity index (χ4n) is 3.01. The first-order valence-electron chi connectivity index (χ1n) is 8.47. The van der Waals surface area contributed by atoms with Gasteiger partial charge in [-0.3, -0.25) is 0 Å². The van der Waals surface area contributed by atoms with Crippen molar-refractivity contribution in [2.45, 2.75) is 51.7 Å². The molecule has 1 aromatic rings. The average Bonchev–Trinajstić information content (AvgIpc) is 2.54. The number of rotatable bonds is 5. The first-order chi connectivity index (χ1) is 11.0. The van der Waals surface area contributed by atoms with Crippen LogP contribution in [0.25, 0.3) is 0 Å². The van der Waals surface area contributed by atoms with Gasteiger partial charge in [-0.15, -0.1) is 0 Å². The van der Waals surface area contributed by atoms with Gasteiger partial charge in [-0.25, -0.2) is 4.79 Å². The van der Waals surface area contributed by atoms with Crippen molar-refractivity contribution in [3.63, 3.8) is 0 Å². The Balaban J connectivity index is 1.76. The quantitative estimate of drug-likeness (QED) is 0.780. The van der Waals surface area contributed by atoms with Crippen molar-refractivity contribution >= 4 is 6.03 Å². The molecule has 1 aliphatic rings. The third-order valence-electron chi connectivity index (χ3n) is 4.60. The van der Waals surface area contributed by atoms with Crippen LogP contribution in [0.15, 0.2) is 24.3 Å². The summed E-state index contributed by atoms with van der Waals surface area (Å²) in [4.78, 5) is 14.2. The molecule has 5 heteroatoms. The van der Waals surface area contributed by atoms with Gasteiger partial charge in [0.15, 0.2) is 0 Å². The number of hydrogen-bond acceptors (Lipinski definition) is 3. The summed E-state index contributed by atoms with van der Waals surface area (Å²) in [5, 5.41) is 22.0. The van der Waals surface area contributed by atoms with Crippen molar-refractivity contribution < 1.29 is 15.0 Å². The number of aryl methyl sites for hydroxylation is 1. The number of phenols is 1. The predicted molar refractivity (Wildman–Crippen MR) is 90.4 cm³/mol. The standard InChI is InChI=1S/C18H28N2O3/c1-13(5-6-15-7-9-17(22)10-8-15)19-18(23)20-11-3-4-16(12-20)14(2)21/h7-10,13-14,16,21-22H,3-6,11-12H2,1-2H3,(H,19,23). The van der Waals surface area contributed by atoms with Crippen LogP contribution in [-0.2, 0) is 6.42 Å². The minimum atomic E-state index is -0.363. The average molecular weight is 320 g/mol. The molecule has 0 aromatic heterocycles. The van der Waals surface area contributed by atoms with E-state index in [0.717, 1.165) is 37.8 Å². The maximum atomic E-state index is 12.3. The molecule has 23 heavy (non-hydrogen) atoms. The van der Waals surface area contributed by atoms with Crippen LogP contribution in [0.3, 0.4) is 0 Å². The van der Waals surface area contributed by atoms with Crippen molar-refractivity contribution in [1.82, 2.24) is 10.2 Å². The molecule has 1 heterocycles. The van der Waals surface area contributed by atoms with Crippen LogP contribution >= 0.6 is 0 Å². The number of benzene rings is 1. The second-order valence-electron chi connectivity index (χ2n) is 6.64. The first kappa shape index (κ1) is 17.6. The van der Waals surface area contributed by atoms with Gasteiger partial charge in [-0.2, -0.15) is 0 Å². The maximum Gasteiger partial charge on any atom is 0.317 e. The van der Waals surface area contributed by atoms with Gasteiger partial charge in [0.2, 0.25) is 0 Å². The Kier molecular flexibility index (Phi) is 6.28. The number of likely N-dealkylation sites (tertiary alicyclic amines) is 1. The second kappa shape index (κ2) is 8.20. The van der Waals surface area contributed by atoms with Crippen molar-refractivity contribution in [2.24, 2.45) is 5.92 Å². The lowest BCUT2D eigenvalue weighted by Crippen LogP contribution is -2.49. The van der Waals surface area contributed by atoms with E-state index >= 15 is 0 Å². The van der Waals surface area contributed by atoms with E-state index in [1.54, 1.807) is 19.1 Å². The number of nitrogens with zero attached hydrogens (tertiary/aromatic N) is 1. The summed E-state index contributed by atoms with van der Waals surface area (Å²) in [6.07, 6.45) is 3.28. The van der Waals surface area contributed by atoms with Crippen molar-refractivity contribution in [1.29, 1.82) is 0 Å². The Bertz CT molecular complexity index is 501. The van der Waals surface area contributed by atoms with Crippen LogP contribution in [-0.4, -0.2) is 46.4 Å². The molecule has 3 N–H and O–H groups in total. The van der Waals surface area contributed by atoms with Gasteiger partial charge in [0, 0.05) is 25.0 Å². The third-order valence-corrected chi connectivity index (χ3v) is 4.60. The molecule has 128 valence electrons. The molecular weight excluding hydrogens is 292 g/mol. The Labute approximate surface area is 138 Å². The fraction of sp³-hybridized carbons (Fsp3) is 0.611. The lowest BCUT2D eigenvalue weighted by molar-refractivity contribution is 0.0734. The highest BCUT2D eigenvalue weighted by Gasteiger charge is 2.26. The number of phenolic OH excluding ortho intramolecular Hbond substituents is 1. The number of urea groups is 1. The van der Waals surface area contributed by atoms with Crippen LogP contribution in [0.1, 0.15) is 38.7 Å². The molecule has 2 rings (SSSR count). The number of aromatic hydroxyl groups is 1. The number of amides is 2. The second-order valence-corrected chi connectivity index (χ2v) is 6.64. The molecule has 0 saturated carbocycles. The van der Waals surface area contributed by atoms with Crippen molar-refractivity contribution in [3.05, 3.63) is 29.8 Å². The minimum Gasteiger partial charge on any atom is -0.508 e. The molecule has 1 fully saturated rings. The number of carbonyl (C=O) groups is 1. The fourth-order valence-corrected chi connectivity index (χ4v) is 3.01. The number of carbonyl (C=O) groups excluding carboxylic acids is 1. The van der Waals surface area contributed by atoms with Gasteiger partial charge >= 0.3 is 6.03 Å². The Morgan fingerprint density at radius 2 is 2.04 bits per heavy atom. The van der Waals surface area contributed by atoms with Gasteiger partial charge in [0.25, 0.3) is 0 Å². The summed E-state index contributed by atoms with van der Waals surface area (Å²) in [5.41, 5.74) is 1.15. The van der Waals surface area contributed by atoms with E-state index < -0.39 is 0 Å². The predicted octanol–water partition coefficient (Wildman–Crippen LogP) is 2.52. The molecule has 0 spiro atoms. The molecule has 0 radical (unpaired) electrons. The lowest BCUT2D eigenvalue weighted by atomic mass is 9.94. The smallest absolute Gasteiger partial charge is 0.317 e. The van der Waals surface area contributed by atoms with E-state index in [0.29, 0.717) is 6.54 Å². The highest BCUT2D eigenvalue weighted by Crippen LogP contribution is 2.20. The van der Waals surface area contributed by atoms with Gasteiger partial charge in [-0.05, 0) is 57.2 Å². The molecule has 5 nitrogen and oxygen atoms in total. The minimum absolute atomic E-state index is 0.0337. The number of aliphatic hydroxyl groups excluding tert-OH is 1. The zero-order valence-electron chi connectivity index (χ0n) is 14.0. The van der Waals surface area contributed by atoms with E-state index in [1.807, 2.05) is 24.0 Å². The molecular formula is C18H28N2O3. The van der Waals surface area contributed by atoms with Crippen molar-refractivity contribution in [2.75, 3.05) is 13.1 Å². The highest BCUT2D eigenvalue weighted by molar-refractivity contribution is 5.74. The van der Waals surface area contributed by atoms with Crippen LogP contribution in [0, 0.1) is 5.92 Å². The Morgan fingerprint density at radius 3 is 2.70 bits per heavy atom. The highest BCUT2D eigenvalue weighted by atomic mass is 16.3. The normalized spacial score (nSPS) is 20.8. The summed E-state index contributed by atoms with van der Waals surface area (Å²) in [6, 6.07) is 7.23. The zero-order chi connectivity index (χ0) is 16.8. The van der Waals surface area contributed by atoms with E-state index in [-0.39, 0.29) is 29.8 Å². The molecule has 1 saturated heterocycles. The monoisotopic (exact) mass is 320 g/mol. The number of aliphatic hydroxyl groups is 1. The van der Waals surface area contributed by atoms with Crippen LogP contribution in [0.5, 0.6) is 5.75 Å². The first-order valence-corrected chi connectivity index (χ1v) is 8.47. The van der Waals surface area contributed by atoms with Crippen LogP contribution < -0.4 is 5.32 Å². The summed E-state index contributed by atoms with van der Waals surface area (Å²) in [5.74, 6) is 0.453. The molecule has 0 bridgehead atoms. The third kappa shape index (κ3) is 5.43. The summed E-state index contributed by atoms with van der Waals surface area (Å²) in [6.45, 7) is 5.20. The van der Waals surface area contributed by atoms with E-state index in [4.69, 9.17) is 0 Å². The van der Waals surface area contributed by atoms with E-state index in [9.17, 15) is 15.0 Å². The van der Waals surface area contributed by atoms with Gasteiger partial charge in [0.05, 0.1) is 6.10 Å².